The van der Waals surface area contributed by atoms with Gasteiger partial charge in [-0.05, 0) is 6.07 Å². The van der Waals surface area contributed by atoms with E-state index in [0.717, 1.165) is 5.56 Å². The molecule has 1 aliphatic rings. The van der Waals surface area contributed by atoms with Crippen LogP contribution in [0.25, 0.3) is 0 Å². The van der Waals surface area contributed by atoms with Crippen molar-refractivity contribution in [3.63, 3.8) is 0 Å². The third-order valence-electron chi connectivity index (χ3n) is 3.62. The van der Waals surface area contributed by atoms with Gasteiger partial charge in [-0.25, -0.2) is 0 Å². The van der Waals surface area contributed by atoms with E-state index in [-0.39, 0.29) is 12.5 Å². The Morgan fingerprint density at radius 1 is 1.43 bits per heavy atom. The minimum Gasteiger partial charge on any atom is -0.493 e. The highest BCUT2D eigenvalue weighted by Gasteiger charge is 2.26. The van der Waals surface area contributed by atoms with Crippen molar-refractivity contribution in [2.24, 2.45) is 0 Å². The first-order valence-electron chi connectivity index (χ1n) is 6.89. The highest BCUT2D eigenvalue weighted by atomic mass is 16.5. The van der Waals surface area contributed by atoms with Crippen molar-refractivity contribution in [2.45, 2.75) is 19.0 Å². The zero-order chi connectivity index (χ0) is 15.2. The van der Waals surface area contributed by atoms with Crippen LogP contribution in [0.5, 0.6) is 11.5 Å². The van der Waals surface area contributed by atoms with E-state index >= 15 is 0 Å². The molecular weight excluding hydrogens is 274 g/mol. The molecule has 2 rings (SSSR count). The molecule has 1 atom stereocenters. The molecule has 6 heteroatoms. The van der Waals surface area contributed by atoms with Gasteiger partial charge in [0, 0.05) is 24.7 Å². The molecule has 0 bridgehead atoms. The first kappa shape index (κ1) is 15.6. The molecule has 116 valence electrons. The van der Waals surface area contributed by atoms with Crippen molar-refractivity contribution in [3.05, 3.63) is 23.8 Å². The summed E-state index contributed by atoms with van der Waals surface area (Å²) >= 11 is 0. The standard InChI is InChI=1S/C15H21NO5/c1-19-13-5-3-4-11(15(13)20-2)9-16-6-7-21-10-12(16)8-14(17)18/h3-5,12H,6-10H2,1-2H3,(H,17,18). The van der Waals surface area contributed by atoms with Crippen LogP contribution in [0.3, 0.4) is 0 Å². The summed E-state index contributed by atoms with van der Waals surface area (Å²) in [6, 6.07) is 5.60. The number of benzene rings is 1. The summed E-state index contributed by atoms with van der Waals surface area (Å²) in [5.74, 6) is 0.562. The monoisotopic (exact) mass is 295 g/mol. The zero-order valence-corrected chi connectivity index (χ0v) is 12.4. The van der Waals surface area contributed by atoms with Crippen LogP contribution in [-0.2, 0) is 16.1 Å². The van der Waals surface area contributed by atoms with Crippen molar-refractivity contribution in [3.8, 4) is 11.5 Å². The molecule has 0 saturated carbocycles. The quantitative estimate of drug-likeness (QED) is 0.855. The van der Waals surface area contributed by atoms with Crippen LogP contribution in [-0.4, -0.2) is 56.0 Å². The molecular formula is C15H21NO5. The van der Waals surface area contributed by atoms with E-state index in [1.807, 2.05) is 18.2 Å². The summed E-state index contributed by atoms with van der Waals surface area (Å²) in [4.78, 5) is 13.1. The van der Waals surface area contributed by atoms with Crippen LogP contribution in [0.4, 0.5) is 0 Å². The minimum absolute atomic E-state index is 0.0757. The fourth-order valence-electron chi connectivity index (χ4n) is 2.58. The molecule has 0 radical (unpaired) electrons. The maximum absolute atomic E-state index is 11.0. The molecule has 1 aliphatic heterocycles. The second kappa shape index (κ2) is 7.28. The molecule has 1 unspecified atom stereocenters. The third-order valence-corrected chi connectivity index (χ3v) is 3.62. The van der Waals surface area contributed by atoms with E-state index in [1.165, 1.54) is 0 Å². The molecule has 1 heterocycles. The van der Waals surface area contributed by atoms with Gasteiger partial charge in [-0.15, -0.1) is 0 Å². The second-order valence-corrected chi connectivity index (χ2v) is 4.95. The smallest absolute Gasteiger partial charge is 0.305 e. The third kappa shape index (κ3) is 3.86. The Morgan fingerprint density at radius 3 is 2.90 bits per heavy atom. The molecule has 1 fully saturated rings. The Hall–Kier alpha value is -1.79. The number of nitrogens with zero attached hydrogens (tertiary/aromatic N) is 1. The predicted octanol–water partition coefficient (Wildman–Crippen LogP) is 1.38. The number of hydrogen-bond acceptors (Lipinski definition) is 5. The second-order valence-electron chi connectivity index (χ2n) is 4.95. The number of morpholine rings is 1. The molecule has 1 aromatic carbocycles. The summed E-state index contributed by atoms with van der Waals surface area (Å²) in [7, 11) is 3.21. The Bertz CT molecular complexity index is 491. The number of hydrogen-bond donors (Lipinski definition) is 1. The molecule has 1 aromatic rings. The average Bonchev–Trinajstić information content (AvgIpc) is 2.48. The lowest BCUT2D eigenvalue weighted by Crippen LogP contribution is -2.45. The summed E-state index contributed by atoms with van der Waals surface area (Å²) in [5.41, 5.74) is 0.981. The lowest BCUT2D eigenvalue weighted by atomic mass is 10.1. The van der Waals surface area contributed by atoms with Gasteiger partial charge in [0.15, 0.2) is 11.5 Å². The maximum atomic E-state index is 11.0. The van der Waals surface area contributed by atoms with Gasteiger partial charge in [0.05, 0.1) is 33.9 Å². The van der Waals surface area contributed by atoms with Gasteiger partial charge in [-0.3, -0.25) is 9.69 Å². The van der Waals surface area contributed by atoms with E-state index in [9.17, 15) is 4.79 Å². The number of carboxylic acid groups (broad SMARTS) is 1. The summed E-state index contributed by atoms with van der Waals surface area (Å²) in [5, 5.41) is 9.01. The molecule has 0 spiro atoms. The van der Waals surface area contributed by atoms with E-state index in [4.69, 9.17) is 19.3 Å². The van der Waals surface area contributed by atoms with Crippen LogP contribution in [0, 0.1) is 0 Å². The highest BCUT2D eigenvalue weighted by molar-refractivity contribution is 5.67. The number of ether oxygens (including phenoxy) is 3. The van der Waals surface area contributed by atoms with Crippen LogP contribution in [0.1, 0.15) is 12.0 Å². The van der Waals surface area contributed by atoms with Crippen molar-refractivity contribution in [1.29, 1.82) is 0 Å². The number of carboxylic acids is 1. The minimum atomic E-state index is -0.812. The van der Waals surface area contributed by atoms with Gasteiger partial charge >= 0.3 is 5.97 Å². The lowest BCUT2D eigenvalue weighted by Gasteiger charge is -2.35. The van der Waals surface area contributed by atoms with E-state index in [2.05, 4.69) is 4.90 Å². The summed E-state index contributed by atoms with van der Waals surface area (Å²) in [6.07, 6.45) is 0.0757. The van der Waals surface area contributed by atoms with Crippen LogP contribution in [0.15, 0.2) is 18.2 Å². The summed E-state index contributed by atoms with van der Waals surface area (Å²) < 4.78 is 16.1. The van der Waals surface area contributed by atoms with Crippen LogP contribution < -0.4 is 9.47 Å². The first-order valence-corrected chi connectivity index (χ1v) is 6.89. The number of carbonyl (C=O) groups is 1. The SMILES string of the molecule is COc1cccc(CN2CCOCC2CC(=O)O)c1OC. The van der Waals surface area contributed by atoms with Crippen molar-refractivity contribution < 1.29 is 24.1 Å². The first-order chi connectivity index (χ1) is 10.2. The average molecular weight is 295 g/mol. The van der Waals surface area contributed by atoms with Crippen LogP contribution in [0.2, 0.25) is 0 Å². The topological polar surface area (TPSA) is 68.2 Å². The van der Waals surface area contributed by atoms with Crippen molar-refractivity contribution in [1.82, 2.24) is 4.90 Å². The van der Waals surface area contributed by atoms with Gasteiger partial charge in [0.1, 0.15) is 0 Å². The Labute approximate surface area is 124 Å². The normalized spacial score (nSPS) is 19.2. The largest absolute Gasteiger partial charge is 0.493 e. The van der Waals surface area contributed by atoms with Gasteiger partial charge in [0.25, 0.3) is 0 Å². The number of para-hydroxylation sites is 1. The highest BCUT2D eigenvalue weighted by Crippen LogP contribution is 2.32. The van der Waals surface area contributed by atoms with Gasteiger partial charge in [-0.2, -0.15) is 0 Å². The predicted molar refractivity (Wildman–Crippen MR) is 76.8 cm³/mol. The lowest BCUT2D eigenvalue weighted by molar-refractivity contribution is -0.140. The number of methoxy groups -OCH3 is 2. The van der Waals surface area contributed by atoms with Crippen LogP contribution >= 0.6 is 0 Å². The van der Waals surface area contributed by atoms with E-state index in [0.29, 0.717) is 37.8 Å². The fraction of sp³-hybridized carbons (Fsp3) is 0.533. The van der Waals surface area contributed by atoms with Gasteiger partial charge in [-0.1, -0.05) is 12.1 Å². The molecule has 0 aromatic heterocycles. The van der Waals surface area contributed by atoms with E-state index < -0.39 is 5.97 Å². The van der Waals surface area contributed by atoms with Crippen molar-refractivity contribution >= 4 is 5.97 Å². The summed E-state index contributed by atoms with van der Waals surface area (Å²) in [6.45, 7) is 2.38. The fourth-order valence-corrected chi connectivity index (χ4v) is 2.58. The van der Waals surface area contributed by atoms with Crippen molar-refractivity contribution in [2.75, 3.05) is 34.0 Å². The maximum Gasteiger partial charge on any atom is 0.305 e. The Kier molecular flexibility index (Phi) is 5.41. The molecule has 0 amide bonds. The Balaban J connectivity index is 2.17. The Morgan fingerprint density at radius 2 is 2.24 bits per heavy atom. The molecule has 1 N–H and O–H groups in total. The zero-order valence-electron chi connectivity index (χ0n) is 12.4. The molecule has 1 saturated heterocycles. The van der Waals surface area contributed by atoms with Gasteiger partial charge < -0.3 is 19.3 Å². The molecule has 6 nitrogen and oxygen atoms in total. The van der Waals surface area contributed by atoms with E-state index in [1.54, 1.807) is 14.2 Å². The number of aliphatic carboxylic acids is 1. The number of rotatable bonds is 6. The molecule has 0 aliphatic carbocycles. The molecule has 21 heavy (non-hydrogen) atoms. The van der Waals surface area contributed by atoms with Gasteiger partial charge in [0.2, 0.25) is 0 Å².